The van der Waals surface area contributed by atoms with Gasteiger partial charge in [0.1, 0.15) is 0 Å². The minimum atomic E-state index is 0.00690. The summed E-state index contributed by atoms with van der Waals surface area (Å²) in [4.78, 5) is 14.6. The molecule has 0 aliphatic carbocycles. The molecular formula is C13H24N2O2S. The lowest BCUT2D eigenvalue weighted by molar-refractivity contribution is -0.136. The second kappa shape index (κ2) is 6.26. The molecule has 5 heteroatoms. The van der Waals surface area contributed by atoms with Crippen molar-refractivity contribution in [3.05, 3.63) is 0 Å². The Bertz CT molecular complexity index is 291. The molecule has 0 aromatic carbocycles. The van der Waals surface area contributed by atoms with Gasteiger partial charge in [0.05, 0.1) is 19.1 Å². The fourth-order valence-electron chi connectivity index (χ4n) is 2.85. The van der Waals surface area contributed by atoms with Crippen LogP contribution in [0.4, 0.5) is 0 Å². The topological polar surface area (TPSA) is 41.6 Å². The number of rotatable bonds is 3. The molecule has 2 saturated heterocycles. The fourth-order valence-corrected chi connectivity index (χ4v) is 4.18. The highest BCUT2D eigenvalue weighted by molar-refractivity contribution is 8.00. The maximum Gasteiger partial charge on any atom is 0.229 e. The van der Waals surface area contributed by atoms with Crippen LogP contribution in [-0.4, -0.2) is 60.2 Å². The zero-order valence-corrected chi connectivity index (χ0v) is 12.3. The molecule has 2 heterocycles. The third kappa shape index (κ3) is 3.19. The summed E-state index contributed by atoms with van der Waals surface area (Å²) in [5.41, 5.74) is 0. The van der Waals surface area contributed by atoms with E-state index in [-0.39, 0.29) is 17.9 Å². The van der Waals surface area contributed by atoms with Gasteiger partial charge in [0.25, 0.3) is 0 Å². The van der Waals surface area contributed by atoms with Crippen molar-refractivity contribution in [3.63, 3.8) is 0 Å². The van der Waals surface area contributed by atoms with Gasteiger partial charge in [-0.1, -0.05) is 20.8 Å². The SMILES string of the molecule is CCNC1COCC1C(=O)N1CC(C)SC(C)C1. The summed E-state index contributed by atoms with van der Waals surface area (Å²) in [7, 11) is 0. The van der Waals surface area contributed by atoms with E-state index in [1.54, 1.807) is 0 Å². The van der Waals surface area contributed by atoms with Crippen LogP contribution in [0.1, 0.15) is 20.8 Å². The molecule has 0 saturated carbocycles. The number of ether oxygens (including phenoxy) is 1. The normalized spacial score (nSPS) is 36.9. The Morgan fingerprint density at radius 3 is 2.61 bits per heavy atom. The van der Waals surface area contributed by atoms with Crippen LogP contribution in [0, 0.1) is 5.92 Å². The number of nitrogens with zero attached hydrogens (tertiary/aromatic N) is 1. The van der Waals surface area contributed by atoms with E-state index < -0.39 is 0 Å². The van der Waals surface area contributed by atoms with Gasteiger partial charge in [0, 0.05) is 29.6 Å². The average molecular weight is 272 g/mol. The van der Waals surface area contributed by atoms with E-state index in [1.807, 2.05) is 16.7 Å². The smallest absolute Gasteiger partial charge is 0.229 e. The molecule has 18 heavy (non-hydrogen) atoms. The third-order valence-corrected chi connectivity index (χ3v) is 4.82. The van der Waals surface area contributed by atoms with Crippen LogP contribution in [0.2, 0.25) is 0 Å². The molecule has 0 aromatic rings. The summed E-state index contributed by atoms with van der Waals surface area (Å²) < 4.78 is 5.47. The molecule has 104 valence electrons. The van der Waals surface area contributed by atoms with Gasteiger partial charge in [-0.05, 0) is 6.54 Å². The minimum Gasteiger partial charge on any atom is -0.379 e. The second-order valence-corrected chi connectivity index (χ2v) is 7.19. The van der Waals surface area contributed by atoms with Gasteiger partial charge in [-0.25, -0.2) is 0 Å². The lowest BCUT2D eigenvalue weighted by atomic mass is 10.0. The predicted octanol–water partition coefficient (Wildman–Crippen LogP) is 0.963. The van der Waals surface area contributed by atoms with Crippen LogP contribution in [0.25, 0.3) is 0 Å². The first-order chi connectivity index (χ1) is 8.61. The summed E-state index contributed by atoms with van der Waals surface area (Å²) in [5, 5.41) is 4.44. The summed E-state index contributed by atoms with van der Waals surface area (Å²) in [6, 6.07) is 0.197. The number of hydrogen-bond acceptors (Lipinski definition) is 4. The average Bonchev–Trinajstić information content (AvgIpc) is 2.75. The number of hydrogen-bond donors (Lipinski definition) is 1. The van der Waals surface area contributed by atoms with E-state index >= 15 is 0 Å². The largest absolute Gasteiger partial charge is 0.379 e. The van der Waals surface area contributed by atoms with Crippen LogP contribution in [0.15, 0.2) is 0 Å². The Labute approximate surface area is 114 Å². The maximum atomic E-state index is 12.6. The molecule has 0 bridgehead atoms. The summed E-state index contributed by atoms with van der Waals surface area (Å²) in [6.07, 6.45) is 0. The van der Waals surface area contributed by atoms with Crippen LogP contribution >= 0.6 is 11.8 Å². The van der Waals surface area contributed by atoms with Crippen molar-refractivity contribution in [3.8, 4) is 0 Å². The van der Waals surface area contributed by atoms with Crippen molar-refractivity contribution in [1.29, 1.82) is 0 Å². The monoisotopic (exact) mass is 272 g/mol. The van der Waals surface area contributed by atoms with Gasteiger partial charge in [-0.3, -0.25) is 4.79 Å². The molecule has 2 rings (SSSR count). The molecule has 0 spiro atoms. The molecule has 2 aliphatic heterocycles. The molecule has 4 unspecified atom stereocenters. The highest BCUT2D eigenvalue weighted by Crippen LogP contribution is 2.27. The van der Waals surface area contributed by atoms with Crippen LogP contribution in [0.5, 0.6) is 0 Å². The Morgan fingerprint density at radius 1 is 1.33 bits per heavy atom. The van der Waals surface area contributed by atoms with Crippen molar-refractivity contribution in [1.82, 2.24) is 10.2 Å². The van der Waals surface area contributed by atoms with Crippen LogP contribution in [0.3, 0.4) is 0 Å². The summed E-state index contributed by atoms with van der Waals surface area (Å²) >= 11 is 1.98. The lowest BCUT2D eigenvalue weighted by Crippen LogP contribution is -2.50. The van der Waals surface area contributed by atoms with Crippen molar-refractivity contribution in [2.75, 3.05) is 32.8 Å². The van der Waals surface area contributed by atoms with E-state index in [0.717, 1.165) is 19.6 Å². The zero-order valence-electron chi connectivity index (χ0n) is 11.5. The molecule has 1 amide bonds. The highest BCUT2D eigenvalue weighted by Gasteiger charge is 2.38. The number of nitrogens with one attached hydrogen (secondary N) is 1. The standard InChI is InChI=1S/C13H24N2O2S/c1-4-14-12-8-17-7-11(12)13(16)15-5-9(2)18-10(3)6-15/h9-12,14H,4-8H2,1-3H3. The Kier molecular flexibility index (Phi) is 4.92. The van der Waals surface area contributed by atoms with E-state index in [0.29, 0.717) is 23.7 Å². The maximum absolute atomic E-state index is 12.6. The van der Waals surface area contributed by atoms with Crippen LogP contribution < -0.4 is 5.32 Å². The first-order valence-corrected chi connectivity index (χ1v) is 7.81. The summed E-state index contributed by atoms with van der Waals surface area (Å²) in [6.45, 7) is 10.4. The zero-order chi connectivity index (χ0) is 13.1. The molecule has 4 atom stereocenters. The second-order valence-electron chi connectivity index (χ2n) is 5.31. The molecular weight excluding hydrogens is 248 g/mol. The molecule has 4 nitrogen and oxygen atoms in total. The Morgan fingerprint density at radius 2 is 2.00 bits per heavy atom. The lowest BCUT2D eigenvalue weighted by Gasteiger charge is -2.36. The third-order valence-electron chi connectivity index (χ3n) is 3.60. The Hall–Kier alpha value is -0.260. The number of carbonyl (C=O) groups excluding carboxylic acids is 1. The van der Waals surface area contributed by atoms with E-state index in [1.165, 1.54) is 0 Å². The quantitative estimate of drug-likeness (QED) is 0.831. The molecule has 2 aliphatic rings. The van der Waals surface area contributed by atoms with Crippen molar-refractivity contribution in [2.24, 2.45) is 5.92 Å². The van der Waals surface area contributed by atoms with E-state index in [2.05, 4.69) is 26.1 Å². The van der Waals surface area contributed by atoms with Gasteiger partial charge in [0.15, 0.2) is 0 Å². The van der Waals surface area contributed by atoms with E-state index in [4.69, 9.17) is 4.74 Å². The number of carbonyl (C=O) groups is 1. The molecule has 2 fully saturated rings. The highest BCUT2D eigenvalue weighted by atomic mass is 32.2. The van der Waals surface area contributed by atoms with Crippen molar-refractivity contribution >= 4 is 17.7 Å². The van der Waals surface area contributed by atoms with E-state index in [9.17, 15) is 4.79 Å². The van der Waals surface area contributed by atoms with Gasteiger partial charge < -0.3 is 15.0 Å². The Balaban J connectivity index is 1.97. The number of amides is 1. The molecule has 1 N–H and O–H groups in total. The minimum absolute atomic E-state index is 0.00690. The first-order valence-electron chi connectivity index (χ1n) is 6.87. The van der Waals surface area contributed by atoms with Gasteiger partial charge in [-0.15, -0.1) is 0 Å². The van der Waals surface area contributed by atoms with Crippen LogP contribution in [-0.2, 0) is 9.53 Å². The molecule has 0 aromatic heterocycles. The molecule has 0 radical (unpaired) electrons. The van der Waals surface area contributed by atoms with Gasteiger partial charge in [-0.2, -0.15) is 11.8 Å². The fraction of sp³-hybridized carbons (Fsp3) is 0.923. The first kappa shape index (κ1) is 14.2. The summed E-state index contributed by atoms with van der Waals surface area (Å²) in [5.74, 6) is 0.282. The van der Waals surface area contributed by atoms with Gasteiger partial charge >= 0.3 is 0 Å². The number of likely N-dealkylation sites (N-methyl/N-ethyl adjacent to an activating group) is 1. The van der Waals surface area contributed by atoms with Crippen molar-refractivity contribution < 1.29 is 9.53 Å². The predicted molar refractivity (Wildman–Crippen MR) is 74.9 cm³/mol. The number of thioether (sulfide) groups is 1. The van der Waals surface area contributed by atoms with Gasteiger partial charge in [0.2, 0.25) is 5.91 Å². The van der Waals surface area contributed by atoms with Crippen molar-refractivity contribution in [2.45, 2.75) is 37.3 Å².